The maximum absolute atomic E-state index is 9.89. The Balaban J connectivity index is 1.69. The van der Waals surface area contributed by atoms with Crippen LogP contribution in [0.15, 0.2) is 24.4 Å². The van der Waals surface area contributed by atoms with Crippen molar-refractivity contribution in [1.29, 1.82) is 0 Å². The van der Waals surface area contributed by atoms with E-state index < -0.39 is 5.60 Å². The molecule has 0 unspecified atom stereocenters. The third-order valence-corrected chi connectivity index (χ3v) is 3.90. The molecule has 0 radical (unpaired) electrons. The fourth-order valence-electron chi connectivity index (χ4n) is 3.03. The van der Waals surface area contributed by atoms with E-state index in [4.69, 9.17) is 0 Å². The number of nitrogens with zero attached hydrogens (tertiary/aromatic N) is 4. The molecule has 20 heavy (non-hydrogen) atoms. The van der Waals surface area contributed by atoms with Gasteiger partial charge >= 0.3 is 0 Å². The van der Waals surface area contributed by atoms with Gasteiger partial charge in [0.25, 0.3) is 0 Å². The van der Waals surface area contributed by atoms with Crippen LogP contribution in [0.1, 0.15) is 38.4 Å². The second kappa shape index (κ2) is 5.14. The van der Waals surface area contributed by atoms with Gasteiger partial charge in [0.05, 0.1) is 5.60 Å². The van der Waals surface area contributed by atoms with Crippen molar-refractivity contribution in [2.24, 2.45) is 0 Å². The van der Waals surface area contributed by atoms with E-state index in [2.05, 4.69) is 19.5 Å². The Hall–Kier alpha value is -1.46. The van der Waals surface area contributed by atoms with Gasteiger partial charge in [0.1, 0.15) is 5.82 Å². The first kappa shape index (κ1) is 13.5. The summed E-state index contributed by atoms with van der Waals surface area (Å²) in [5, 5.41) is 18.5. The lowest BCUT2D eigenvalue weighted by molar-refractivity contribution is 0.0278. The molecule has 3 rings (SSSR count). The Bertz CT molecular complexity index is 579. The third kappa shape index (κ3) is 2.83. The SMILES string of the molecule is CC(C)(O)CN1CCC(c2nnc3ccccn23)CC1. The second-order valence-corrected chi connectivity index (χ2v) is 6.35. The largest absolute Gasteiger partial charge is 0.389 e. The molecule has 1 aliphatic rings. The van der Waals surface area contributed by atoms with Crippen molar-refractivity contribution in [1.82, 2.24) is 19.5 Å². The van der Waals surface area contributed by atoms with Crippen LogP contribution in [0, 0.1) is 0 Å². The van der Waals surface area contributed by atoms with E-state index in [1.54, 1.807) is 0 Å². The number of fused-ring (bicyclic) bond motifs is 1. The summed E-state index contributed by atoms with van der Waals surface area (Å²) in [6.07, 6.45) is 4.19. The van der Waals surface area contributed by atoms with Crippen LogP contribution >= 0.6 is 0 Å². The summed E-state index contributed by atoms with van der Waals surface area (Å²) in [4.78, 5) is 2.33. The fourth-order valence-corrected chi connectivity index (χ4v) is 3.03. The molecular formula is C15H22N4O. The summed E-state index contributed by atoms with van der Waals surface area (Å²) >= 11 is 0. The van der Waals surface area contributed by atoms with Crippen LogP contribution in [0.4, 0.5) is 0 Å². The van der Waals surface area contributed by atoms with E-state index in [1.165, 1.54) is 0 Å². The number of likely N-dealkylation sites (tertiary alicyclic amines) is 1. The Morgan fingerprint density at radius 2 is 2.00 bits per heavy atom. The van der Waals surface area contributed by atoms with Gasteiger partial charge in [-0.25, -0.2) is 0 Å². The lowest BCUT2D eigenvalue weighted by Crippen LogP contribution is -2.42. The molecule has 0 saturated carbocycles. The van der Waals surface area contributed by atoms with E-state index in [0.29, 0.717) is 5.92 Å². The van der Waals surface area contributed by atoms with Gasteiger partial charge in [-0.3, -0.25) is 4.40 Å². The highest BCUT2D eigenvalue weighted by Gasteiger charge is 2.27. The van der Waals surface area contributed by atoms with E-state index in [1.807, 2.05) is 38.2 Å². The van der Waals surface area contributed by atoms with Crippen LogP contribution in [0.5, 0.6) is 0 Å². The molecule has 2 aromatic heterocycles. The molecule has 0 atom stereocenters. The number of aliphatic hydroxyl groups is 1. The molecule has 5 heteroatoms. The minimum absolute atomic E-state index is 0.463. The first-order valence-electron chi connectivity index (χ1n) is 7.27. The summed E-state index contributed by atoms with van der Waals surface area (Å²) in [6, 6.07) is 5.99. The zero-order valence-corrected chi connectivity index (χ0v) is 12.2. The zero-order chi connectivity index (χ0) is 14.2. The summed E-state index contributed by atoms with van der Waals surface area (Å²) < 4.78 is 2.09. The van der Waals surface area contributed by atoms with Gasteiger partial charge in [0, 0.05) is 18.7 Å². The van der Waals surface area contributed by atoms with Crippen molar-refractivity contribution in [3.63, 3.8) is 0 Å². The minimum atomic E-state index is -0.617. The first-order valence-corrected chi connectivity index (χ1v) is 7.27. The predicted molar refractivity (Wildman–Crippen MR) is 77.7 cm³/mol. The molecule has 2 aromatic rings. The number of hydrogen-bond acceptors (Lipinski definition) is 4. The highest BCUT2D eigenvalue weighted by atomic mass is 16.3. The van der Waals surface area contributed by atoms with Crippen molar-refractivity contribution in [3.05, 3.63) is 30.2 Å². The highest BCUT2D eigenvalue weighted by Crippen LogP contribution is 2.27. The Morgan fingerprint density at radius 1 is 1.25 bits per heavy atom. The molecule has 108 valence electrons. The maximum atomic E-state index is 9.89. The van der Waals surface area contributed by atoms with E-state index in [-0.39, 0.29) is 0 Å². The average molecular weight is 274 g/mol. The molecule has 1 saturated heterocycles. The summed E-state index contributed by atoms with van der Waals surface area (Å²) in [7, 11) is 0. The molecule has 3 heterocycles. The Morgan fingerprint density at radius 3 is 2.70 bits per heavy atom. The van der Waals surface area contributed by atoms with Gasteiger partial charge in [0.2, 0.25) is 0 Å². The molecule has 0 spiro atoms. The molecule has 5 nitrogen and oxygen atoms in total. The molecule has 1 fully saturated rings. The van der Waals surface area contributed by atoms with Crippen LogP contribution in [-0.2, 0) is 0 Å². The molecule has 1 aliphatic heterocycles. The lowest BCUT2D eigenvalue weighted by Gasteiger charge is -2.34. The van der Waals surface area contributed by atoms with E-state index in [0.717, 1.165) is 43.9 Å². The second-order valence-electron chi connectivity index (χ2n) is 6.35. The summed E-state index contributed by atoms with van der Waals surface area (Å²) in [6.45, 7) is 6.49. The normalized spacial score (nSPS) is 18.8. The monoisotopic (exact) mass is 274 g/mol. The van der Waals surface area contributed by atoms with Crippen molar-refractivity contribution in [3.8, 4) is 0 Å². The van der Waals surface area contributed by atoms with Gasteiger partial charge in [0.15, 0.2) is 5.65 Å². The highest BCUT2D eigenvalue weighted by molar-refractivity contribution is 5.37. The van der Waals surface area contributed by atoms with Gasteiger partial charge < -0.3 is 10.0 Å². The summed E-state index contributed by atoms with van der Waals surface area (Å²) in [5.74, 6) is 1.54. The lowest BCUT2D eigenvalue weighted by atomic mass is 9.95. The zero-order valence-electron chi connectivity index (χ0n) is 12.2. The molecule has 0 aliphatic carbocycles. The molecule has 0 aromatic carbocycles. The number of rotatable bonds is 3. The van der Waals surface area contributed by atoms with Crippen molar-refractivity contribution >= 4 is 5.65 Å². The van der Waals surface area contributed by atoms with Crippen molar-refractivity contribution in [2.75, 3.05) is 19.6 Å². The van der Waals surface area contributed by atoms with Gasteiger partial charge in [-0.15, -0.1) is 10.2 Å². The number of piperidine rings is 1. The van der Waals surface area contributed by atoms with Crippen LogP contribution in [0.3, 0.4) is 0 Å². The minimum Gasteiger partial charge on any atom is -0.389 e. The van der Waals surface area contributed by atoms with Gasteiger partial charge in [-0.2, -0.15) is 0 Å². The van der Waals surface area contributed by atoms with Crippen molar-refractivity contribution in [2.45, 2.75) is 38.2 Å². The van der Waals surface area contributed by atoms with Crippen molar-refractivity contribution < 1.29 is 5.11 Å². The number of pyridine rings is 1. The number of aromatic nitrogens is 3. The fraction of sp³-hybridized carbons (Fsp3) is 0.600. The van der Waals surface area contributed by atoms with E-state index >= 15 is 0 Å². The maximum Gasteiger partial charge on any atom is 0.160 e. The molecule has 1 N–H and O–H groups in total. The van der Waals surface area contributed by atoms with Gasteiger partial charge in [-0.05, 0) is 51.9 Å². The number of hydrogen-bond donors (Lipinski definition) is 1. The topological polar surface area (TPSA) is 53.7 Å². The summed E-state index contributed by atoms with van der Waals surface area (Å²) in [5.41, 5.74) is 0.301. The van der Waals surface area contributed by atoms with Gasteiger partial charge in [-0.1, -0.05) is 6.07 Å². The third-order valence-electron chi connectivity index (χ3n) is 3.90. The van der Waals surface area contributed by atoms with Crippen LogP contribution < -0.4 is 0 Å². The standard InChI is InChI=1S/C15H22N4O/c1-15(2,20)11-18-9-6-12(7-10-18)14-17-16-13-5-3-4-8-19(13)14/h3-5,8,12,20H,6-7,9-11H2,1-2H3. The molecule has 0 amide bonds. The van der Waals surface area contributed by atoms with Crippen LogP contribution in [-0.4, -0.2) is 49.8 Å². The average Bonchev–Trinajstić information content (AvgIpc) is 2.82. The van der Waals surface area contributed by atoms with Crippen LogP contribution in [0.25, 0.3) is 5.65 Å². The van der Waals surface area contributed by atoms with Crippen LogP contribution in [0.2, 0.25) is 0 Å². The predicted octanol–water partition coefficient (Wildman–Crippen LogP) is 1.68. The first-order chi connectivity index (χ1) is 9.53. The molecular weight excluding hydrogens is 252 g/mol. The smallest absolute Gasteiger partial charge is 0.160 e. The quantitative estimate of drug-likeness (QED) is 0.925. The Labute approximate surface area is 119 Å². The van der Waals surface area contributed by atoms with E-state index in [9.17, 15) is 5.11 Å². The number of β-amino-alcohol motifs (C(OH)–C–C–N with tert-alkyl or cyclic N) is 1. The Kier molecular flexibility index (Phi) is 3.48. The molecule has 0 bridgehead atoms.